The van der Waals surface area contributed by atoms with Crippen LogP contribution >= 0.6 is 12.4 Å². The van der Waals surface area contributed by atoms with Gasteiger partial charge in [0.2, 0.25) is 5.91 Å². The molecule has 114 valence electrons. The molecule has 19 heavy (non-hydrogen) atoms. The number of nitrogens with one attached hydrogen (secondary N) is 2. The quantitative estimate of drug-likeness (QED) is 0.809. The van der Waals surface area contributed by atoms with Gasteiger partial charge >= 0.3 is 6.18 Å². The van der Waals surface area contributed by atoms with E-state index in [9.17, 15) is 18.0 Å². The predicted molar refractivity (Wildman–Crippen MR) is 67.3 cm³/mol. The maximum absolute atomic E-state index is 11.8. The number of rotatable bonds is 5. The fourth-order valence-electron chi connectivity index (χ4n) is 1.98. The summed E-state index contributed by atoms with van der Waals surface area (Å²) in [5, 5.41) is 5.89. The molecule has 1 saturated heterocycles. The van der Waals surface area contributed by atoms with E-state index in [1.54, 1.807) is 0 Å². The van der Waals surface area contributed by atoms with Gasteiger partial charge in [0.15, 0.2) is 0 Å². The average Bonchev–Trinajstić information content (AvgIpc) is 2.28. The number of amides is 1. The molecule has 0 aromatic carbocycles. The number of hydrogen-bond donors (Lipinski definition) is 2. The van der Waals surface area contributed by atoms with Crippen LogP contribution in [0.1, 0.15) is 19.8 Å². The van der Waals surface area contributed by atoms with Gasteiger partial charge in [-0.3, -0.25) is 4.79 Å². The summed E-state index contributed by atoms with van der Waals surface area (Å²) in [6, 6.07) is -0.0558. The van der Waals surface area contributed by atoms with Crippen LogP contribution in [0.3, 0.4) is 0 Å². The standard InChI is InChI=1S/C11H19F3N2O2.ClH/c1-8(9-3-2-4-15-5-9)16-10(17)6-18-7-11(12,13)14;/h8-9,15H,2-7H2,1H3,(H,16,17);1H. The second kappa shape index (κ2) is 8.60. The van der Waals surface area contributed by atoms with Gasteiger partial charge < -0.3 is 15.4 Å². The topological polar surface area (TPSA) is 50.4 Å². The van der Waals surface area contributed by atoms with Crippen LogP contribution in [0.4, 0.5) is 13.2 Å². The van der Waals surface area contributed by atoms with Gasteiger partial charge in [0, 0.05) is 6.04 Å². The van der Waals surface area contributed by atoms with E-state index in [4.69, 9.17) is 0 Å². The Morgan fingerprint density at radius 3 is 2.74 bits per heavy atom. The molecule has 2 N–H and O–H groups in total. The lowest BCUT2D eigenvalue weighted by Gasteiger charge is -2.28. The SMILES string of the molecule is CC(NC(=O)COCC(F)(F)F)C1CCCNC1.Cl. The van der Waals surface area contributed by atoms with Gasteiger partial charge in [-0.1, -0.05) is 0 Å². The minimum atomic E-state index is -4.39. The van der Waals surface area contributed by atoms with Crippen LogP contribution in [0.2, 0.25) is 0 Å². The van der Waals surface area contributed by atoms with Gasteiger partial charge in [0.1, 0.15) is 13.2 Å². The summed E-state index contributed by atoms with van der Waals surface area (Å²) in [7, 11) is 0. The molecular formula is C11H20ClF3N2O2. The third-order valence-corrected chi connectivity index (χ3v) is 2.93. The van der Waals surface area contributed by atoms with E-state index in [1.165, 1.54) is 0 Å². The fraction of sp³-hybridized carbons (Fsp3) is 0.909. The molecule has 0 bridgehead atoms. The number of piperidine rings is 1. The zero-order valence-corrected chi connectivity index (χ0v) is 11.6. The van der Waals surface area contributed by atoms with Crippen molar-refractivity contribution < 1.29 is 22.7 Å². The third kappa shape index (κ3) is 8.28. The molecule has 0 saturated carbocycles. The first-order chi connectivity index (χ1) is 8.38. The highest BCUT2D eigenvalue weighted by molar-refractivity contribution is 5.85. The summed E-state index contributed by atoms with van der Waals surface area (Å²) >= 11 is 0. The smallest absolute Gasteiger partial charge is 0.362 e. The Morgan fingerprint density at radius 2 is 2.21 bits per heavy atom. The van der Waals surface area contributed by atoms with Gasteiger partial charge in [0.05, 0.1) is 0 Å². The summed E-state index contributed by atoms with van der Waals surface area (Å²) < 4.78 is 39.7. The fourth-order valence-corrected chi connectivity index (χ4v) is 1.98. The number of alkyl halides is 3. The van der Waals surface area contributed by atoms with Crippen molar-refractivity contribution in [1.29, 1.82) is 0 Å². The number of halogens is 4. The molecule has 0 aromatic rings. The maximum Gasteiger partial charge on any atom is 0.411 e. The number of carbonyl (C=O) groups is 1. The van der Waals surface area contributed by atoms with Crippen molar-refractivity contribution in [2.24, 2.45) is 5.92 Å². The van der Waals surface area contributed by atoms with Crippen molar-refractivity contribution in [3.8, 4) is 0 Å². The van der Waals surface area contributed by atoms with E-state index in [2.05, 4.69) is 15.4 Å². The van der Waals surface area contributed by atoms with E-state index in [0.29, 0.717) is 5.92 Å². The van der Waals surface area contributed by atoms with Gasteiger partial charge in [-0.25, -0.2) is 0 Å². The summed E-state index contributed by atoms with van der Waals surface area (Å²) in [6.07, 6.45) is -2.33. The molecule has 0 radical (unpaired) electrons. The van der Waals surface area contributed by atoms with Crippen LogP contribution in [0.15, 0.2) is 0 Å². The molecule has 0 aliphatic carbocycles. The Morgan fingerprint density at radius 1 is 1.53 bits per heavy atom. The second-order valence-electron chi connectivity index (χ2n) is 4.57. The normalized spacial score (nSPS) is 21.4. The molecule has 1 amide bonds. The highest BCUT2D eigenvalue weighted by Gasteiger charge is 2.28. The van der Waals surface area contributed by atoms with E-state index >= 15 is 0 Å². The number of hydrogen-bond acceptors (Lipinski definition) is 3. The highest BCUT2D eigenvalue weighted by Crippen LogP contribution is 2.15. The van der Waals surface area contributed by atoms with Gasteiger partial charge in [-0.15, -0.1) is 12.4 Å². The molecule has 1 rings (SSSR count). The Balaban J connectivity index is 0.00000324. The van der Waals surface area contributed by atoms with E-state index in [1.807, 2.05) is 6.92 Å². The Labute approximate surface area is 116 Å². The summed E-state index contributed by atoms with van der Waals surface area (Å²) in [4.78, 5) is 11.4. The van der Waals surface area contributed by atoms with Gasteiger partial charge in [-0.2, -0.15) is 13.2 Å². The van der Waals surface area contributed by atoms with E-state index in [-0.39, 0.29) is 18.4 Å². The lowest BCUT2D eigenvalue weighted by molar-refractivity contribution is -0.175. The lowest BCUT2D eigenvalue weighted by Crippen LogP contribution is -2.45. The first-order valence-corrected chi connectivity index (χ1v) is 6.03. The van der Waals surface area contributed by atoms with E-state index < -0.39 is 25.3 Å². The monoisotopic (exact) mass is 304 g/mol. The highest BCUT2D eigenvalue weighted by atomic mass is 35.5. The van der Waals surface area contributed by atoms with Crippen LogP contribution in [-0.2, 0) is 9.53 Å². The van der Waals surface area contributed by atoms with Crippen molar-refractivity contribution in [2.45, 2.75) is 32.0 Å². The lowest BCUT2D eigenvalue weighted by atomic mass is 9.93. The van der Waals surface area contributed by atoms with Crippen molar-refractivity contribution >= 4 is 18.3 Å². The molecule has 1 fully saturated rings. The Hall–Kier alpha value is -0.530. The van der Waals surface area contributed by atoms with Crippen LogP contribution in [0.25, 0.3) is 0 Å². The molecule has 0 spiro atoms. The first kappa shape index (κ1) is 18.5. The largest absolute Gasteiger partial charge is 0.411 e. The minimum absolute atomic E-state index is 0. The van der Waals surface area contributed by atoms with Crippen molar-refractivity contribution in [1.82, 2.24) is 10.6 Å². The molecular weight excluding hydrogens is 285 g/mol. The van der Waals surface area contributed by atoms with Crippen LogP contribution in [0.5, 0.6) is 0 Å². The van der Waals surface area contributed by atoms with Crippen molar-refractivity contribution in [3.63, 3.8) is 0 Å². The van der Waals surface area contributed by atoms with Crippen molar-refractivity contribution in [3.05, 3.63) is 0 Å². The molecule has 1 heterocycles. The first-order valence-electron chi connectivity index (χ1n) is 6.03. The van der Waals surface area contributed by atoms with Crippen LogP contribution in [-0.4, -0.2) is 44.4 Å². The summed E-state index contributed by atoms with van der Waals surface area (Å²) in [6.45, 7) is 1.72. The summed E-state index contributed by atoms with van der Waals surface area (Å²) in [5.74, 6) is -0.178. The number of carbonyl (C=O) groups excluding carboxylic acids is 1. The van der Waals surface area contributed by atoms with Gasteiger partial charge in [0.25, 0.3) is 0 Å². The van der Waals surface area contributed by atoms with Crippen molar-refractivity contribution in [2.75, 3.05) is 26.3 Å². The molecule has 2 unspecified atom stereocenters. The Kier molecular flexibility index (Phi) is 8.36. The molecule has 1 aliphatic rings. The summed E-state index contributed by atoms with van der Waals surface area (Å²) in [5.41, 5.74) is 0. The molecule has 1 aliphatic heterocycles. The van der Waals surface area contributed by atoms with Crippen LogP contribution < -0.4 is 10.6 Å². The zero-order chi connectivity index (χ0) is 13.6. The molecule has 2 atom stereocenters. The maximum atomic E-state index is 11.8. The van der Waals surface area contributed by atoms with Gasteiger partial charge in [-0.05, 0) is 38.8 Å². The molecule has 0 aromatic heterocycles. The van der Waals surface area contributed by atoms with Crippen LogP contribution in [0, 0.1) is 5.92 Å². The van der Waals surface area contributed by atoms with E-state index in [0.717, 1.165) is 25.9 Å². The predicted octanol–water partition coefficient (Wildman–Crippen LogP) is 1.49. The Bertz CT molecular complexity index is 271. The molecule has 4 nitrogen and oxygen atoms in total. The molecule has 8 heteroatoms. The third-order valence-electron chi connectivity index (χ3n) is 2.93. The minimum Gasteiger partial charge on any atom is -0.362 e. The average molecular weight is 305 g/mol. The second-order valence-corrected chi connectivity index (χ2v) is 4.57. The zero-order valence-electron chi connectivity index (χ0n) is 10.8. The number of ether oxygens (including phenoxy) is 1.